The summed E-state index contributed by atoms with van der Waals surface area (Å²) >= 11 is 2.86. The number of carbonyl (C=O) groups is 1. The van der Waals surface area contributed by atoms with Crippen molar-refractivity contribution in [1.29, 1.82) is 0 Å². The minimum Gasteiger partial charge on any atom is -0.347 e. The third-order valence-corrected chi connectivity index (χ3v) is 9.11. The number of amides is 1. The topological polar surface area (TPSA) is 86.7 Å². The van der Waals surface area contributed by atoms with Crippen molar-refractivity contribution in [3.63, 3.8) is 0 Å². The lowest BCUT2D eigenvalue weighted by Gasteiger charge is -2.34. The number of hydrogen-bond acceptors (Lipinski definition) is 8. The van der Waals surface area contributed by atoms with Crippen LogP contribution >= 0.6 is 23.1 Å². The maximum atomic E-state index is 13.4. The van der Waals surface area contributed by atoms with E-state index < -0.39 is 15.8 Å². The number of rotatable bonds is 6. The van der Waals surface area contributed by atoms with Crippen LogP contribution < -0.4 is 4.90 Å². The SMILES string of the molecule is O=C(CSc1nnc(N2CCCC2)s1)N1CCN(S(=O)(=O)c2cccc(F)c2)CC1. The Bertz CT molecular complexity index is 1000. The van der Waals surface area contributed by atoms with Crippen molar-refractivity contribution >= 4 is 44.2 Å². The molecule has 4 rings (SSSR count). The Hall–Kier alpha value is -1.76. The molecular formula is C18H22FN5O3S3. The first-order valence-electron chi connectivity index (χ1n) is 9.68. The zero-order valence-electron chi connectivity index (χ0n) is 16.2. The number of nitrogens with zero attached hydrogens (tertiary/aromatic N) is 5. The van der Waals surface area contributed by atoms with Gasteiger partial charge < -0.3 is 9.80 Å². The van der Waals surface area contributed by atoms with Gasteiger partial charge in [0.2, 0.25) is 21.1 Å². The predicted molar refractivity (Wildman–Crippen MR) is 114 cm³/mol. The normalized spacial score (nSPS) is 18.2. The van der Waals surface area contributed by atoms with Crippen molar-refractivity contribution in [3.8, 4) is 0 Å². The second-order valence-electron chi connectivity index (χ2n) is 7.08. The highest BCUT2D eigenvalue weighted by Gasteiger charge is 2.30. The third-order valence-electron chi connectivity index (χ3n) is 5.12. The van der Waals surface area contributed by atoms with E-state index >= 15 is 0 Å². The van der Waals surface area contributed by atoms with E-state index in [0.717, 1.165) is 28.6 Å². The maximum absolute atomic E-state index is 13.4. The molecule has 0 radical (unpaired) electrons. The monoisotopic (exact) mass is 471 g/mol. The van der Waals surface area contributed by atoms with Crippen LogP contribution in [0.3, 0.4) is 0 Å². The quantitative estimate of drug-likeness (QED) is 0.595. The van der Waals surface area contributed by atoms with Gasteiger partial charge in [0.25, 0.3) is 0 Å². The van der Waals surface area contributed by atoms with Gasteiger partial charge in [-0.1, -0.05) is 29.2 Å². The second kappa shape index (κ2) is 9.16. The van der Waals surface area contributed by atoms with Crippen LogP contribution in [-0.2, 0) is 14.8 Å². The van der Waals surface area contributed by atoms with Gasteiger partial charge in [-0.15, -0.1) is 10.2 Å². The highest BCUT2D eigenvalue weighted by molar-refractivity contribution is 8.01. The van der Waals surface area contributed by atoms with E-state index in [1.807, 2.05) is 0 Å². The minimum atomic E-state index is -3.77. The molecule has 0 N–H and O–H groups in total. The Kier molecular flexibility index (Phi) is 6.56. The molecule has 0 bridgehead atoms. The van der Waals surface area contributed by atoms with E-state index in [9.17, 15) is 17.6 Å². The van der Waals surface area contributed by atoms with Gasteiger partial charge in [-0.2, -0.15) is 4.31 Å². The molecule has 0 spiro atoms. The molecule has 2 fully saturated rings. The molecule has 30 heavy (non-hydrogen) atoms. The van der Waals surface area contributed by atoms with Crippen LogP contribution in [0, 0.1) is 5.82 Å². The molecule has 2 saturated heterocycles. The van der Waals surface area contributed by atoms with Gasteiger partial charge in [0.1, 0.15) is 5.82 Å². The zero-order chi connectivity index (χ0) is 21.1. The molecule has 2 aliphatic rings. The first kappa shape index (κ1) is 21.5. The van der Waals surface area contributed by atoms with Crippen LogP contribution in [0.2, 0.25) is 0 Å². The van der Waals surface area contributed by atoms with Gasteiger partial charge in [0.15, 0.2) is 4.34 Å². The number of benzene rings is 1. The lowest BCUT2D eigenvalue weighted by atomic mass is 10.3. The zero-order valence-corrected chi connectivity index (χ0v) is 18.7. The molecular weight excluding hydrogens is 449 g/mol. The molecule has 1 amide bonds. The summed E-state index contributed by atoms with van der Waals surface area (Å²) in [5.74, 6) is -0.405. The number of thioether (sulfide) groups is 1. The van der Waals surface area contributed by atoms with E-state index in [-0.39, 0.29) is 29.6 Å². The summed E-state index contributed by atoms with van der Waals surface area (Å²) in [5.41, 5.74) is 0. The average molecular weight is 472 g/mol. The van der Waals surface area contributed by atoms with Gasteiger partial charge in [0.05, 0.1) is 10.6 Å². The molecule has 3 heterocycles. The number of carbonyl (C=O) groups excluding carboxylic acids is 1. The minimum absolute atomic E-state index is 0.0549. The van der Waals surface area contributed by atoms with Gasteiger partial charge in [-0.25, -0.2) is 12.8 Å². The molecule has 8 nitrogen and oxygen atoms in total. The Morgan fingerprint density at radius 2 is 1.83 bits per heavy atom. The number of anilines is 1. The number of aromatic nitrogens is 2. The van der Waals surface area contributed by atoms with Crippen LogP contribution in [0.15, 0.2) is 33.5 Å². The van der Waals surface area contributed by atoms with E-state index in [2.05, 4.69) is 15.1 Å². The van der Waals surface area contributed by atoms with Crippen LogP contribution in [-0.4, -0.2) is 78.7 Å². The van der Waals surface area contributed by atoms with Crippen molar-refractivity contribution in [2.24, 2.45) is 0 Å². The Labute approximate surface area is 183 Å². The predicted octanol–water partition coefficient (Wildman–Crippen LogP) is 1.90. The largest absolute Gasteiger partial charge is 0.347 e. The highest BCUT2D eigenvalue weighted by atomic mass is 32.2. The van der Waals surface area contributed by atoms with Crippen molar-refractivity contribution in [3.05, 3.63) is 30.1 Å². The summed E-state index contributed by atoms with van der Waals surface area (Å²) in [5, 5.41) is 9.27. The Morgan fingerprint density at radius 3 is 2.53 bits per heavy atom. The van der Waals surface area contributed by atoms with E-state index in [4.69, 9.17) is 0 Å². The lowest BCUT2D eigenvalue weighted by Crippen LogP contribution is -2.50. The van der Waals surface area contributed by atoms with Crippen molar-refractivity contribution in [2.75, 3.05) is 49.9 Å². The molecule has 0 saturated carbocycles. The van der Waals surface area contributed by atoms with Gasteiger partial charge in [-0.05, 0) is 31.0 Å². The van der Waals surface area contributed by atoms with Crippen LogP contribution in [0.5, 0.6) is 0 Å². The third kappa shape index (κ3) is 4.76. The first-order valence-corrected chi connectivity index (χ1v) is 12.9. The van der Waals surface area contributed by atoms with Crippen LogP contribution in [0.4, 0.5) is 9.52 Å². The summed E-state index contributed by atoms with van der Waals surface area (Å²) in [6.45, 7) is 2.99. The number of sulfonamides is 1. The lowest BCUT2D eigenvalue weighted by molar-refractivity contribution is -0.129. The van der Waals surface area contributed by atoms with Crippen LogP contribution in [0.1, 0.15) is 12.8 Å². The summed E-state index contributed by atoms with van der Waals surface area (Å²) in [7, 11) is -3.77. The first-order chi connectivity index (χ1) is 14.4. The number of halogens is 1. The molecule has 162 valence electrons. The van der Waals surface area contributed by atoms with Crippen LogP contribution in [0.25, 0.3) is 0 Å². The fourth-order valence-corrected chi connectivity index (χ4v) is 6.72. The molecule has 0 atom stereocenters. The number of piperazine rings is 1. The highest BCUT2D eigenvalue weighted by Crippen LogP contribution is 2.30. The summed E-state index contributed by atoms with van der Waals surface area (Å²) in [6, 6.07) is 4.98. The van der Waals surface area contributed by atoms with Crippen molar-refractivity contribution in [1.82, 2.24) is 19.4 Å². The average Bonchev–Trinajstić information content (AvgIpc) is 3.44. The Balaban J connectivity index is 1.28. The van der Waals surface area contributed by atoms with Gasteiger partial charge >= 0.3 is 0 Å². The van der Waals surface area contributed by atoms with Crippen molar-refractivity contribution < 1.29 is 17.6 Å². The fourth-order valence-electron chi connectivity index (χ4n) is 3.47. The molecule has 12 heteroatoms. The van der Waals surface area contributed by atoms with E-state index in [1.54, 1.807) is 4.90 Å². The molecule has 0 unspecified atom stereocenters. The summed E-state index contributed by atoms with van der Waals surface area (Å²) < 4.78 is 40.8. The molecule has 2 aromatic rings. The standard InChI is InChI=1S/C18H22FN5O3S3/c19-14-4-3-5-15(12-14)30(26,27)24-10-8-22(9-11-24)16(25)13-28-18-21-20-17(29-18)23-6-1-2-7-23/h3-5,12H,1-2,6-11,13H2. The van der Waals surface area contributed by atoms with E-state index in [1.165, 1.54) is 58.4 Å². The van der Waals surface area contributed by atoms with E-state index in [0.29, 0.717) is 13.1 Å². The summed E-state index contributed by atoms with van der Waals surface area (Å²) in [4.78, 5) is 16.3. The maximum Gasteiger partial charge on any atom is 0.243 e. The summed E-state index contributed by atoms with van der Waals surface area (Å²) in [6.07, 6.45) is 2.34. The fraction of sp³-hybridized carbons (Fsp3) is 0.500. The van der Waals surface area contributed by atoms with Gasteiger partial charge in [0, 0.05) is 39.3 Å². The molecule has 1 aromatic carbocycles. The van der Waals surface area contributed by atoms with Gasteiger partial charge in [-0.3, -0.25) is 4.79 Å². The van der Waals surface area contributed by atoms with Crippen molar-refractivity contribution in [2.45, 2.75) is 22.1 Å². The molecule has 0 aliphatic carbocycles. The molecule has 2 aliphatic heterocycles. The number of hydrogen-bond donors (Lipinski definition) is 0. The molecule has 1 aromatic heterocycles. The smallest absolute Gasteiger partial charge is 0.243 e. The second-order valence-corrected chi connectivity index (χ2v) is 11.2. The Morgan fingerprint density at radius 1 is 1.10 bits per heavy atom.